The van der Waals surface area contributed by atoms with Crippen LogP contribution in [0.2, 0.25) is 0 Å². The molecule has 0 fully saturated rings. The van der Waals surface area contributed by atoms with Gasteiger partial charge in [0.15, 0.2) is 0 Å². The number of halogens is 1. The largest absolute Gasteiger partial charge is 0.365 e. The highest BCUT2D eigenvalue weighted by Crippen LogP contribution is 2.24. The normalized spacial score (nSPS) is 10.5. The van der Waals surface area contributed by atoms with E-state index in [2.05, 4.69) is 10.3 Å². The van der Waals surface area contributed by atoms with Gasteiger partial charge in [-0.25, -0.2) is 0 Å². The first kappa shape index (κ1) is 21.7. The molecule has 1 aromatic heterocycles. The number of amides is 2. The summed E-state index contributed by atoms with van der Waals surface area (Å²) < 4.78 is 0. The van der Waals surface area contributed by atoms with Gasteiger partial charge < -0.3 is 16.0 Å². The summed E-state index contributed by atoms with van der Waals surface area (Å²) >= 11 is 0. The lowest BCUT2D eigenvalue weighted by molar-refractivity contribution is -0.117. The average molecular weight is 379 g/mol. The van der Waals surface area contributed by atoms with E-state index in [0.717, 1.165) is 29.9 Å². The summed E-state index contributed by atoms with van der Waals surface area (Å²) in [5, 5.41) is 2.80. The smallest absolute Gasteiger partial charge is 0.252 e. The van der Waals surface area contributed by atoms with E-state index in [1.807, 2.05) is 56.0 Å². The Hall–Kier alpha value is -2.31. The van der Waals surface area contributed by atoms with Crippen LogP contribution in [0.5, 0.6) is 0 Å². The molecule has 2 amide bonds. The Balaban J connectivity index is 0.00000338. The maximum atomic E-state index is 12.3. The topological polar surface area (TPSA) is 91.2 Å². The second-order valence-electron chi connectivity index (χ2n) is 6.01. The zero-order chi connectivity index (χ0) is 18.4. The van der Waals surface area contributed by atoms with Crippen LogP contribution >= 0.6 is 12.4 Å². The zero-order valence-corrected chi connectivity index (χ0v) is 16.3. The van der Waals surface area contributed by atoms with Gasteiger partial charge in [0.05, 0.1) is 12.1 Å². The van der Waals surface area contributed by atoms with Gasteiger partial charge in [0, 0.05) is 12.1 Å². The lowest BCUT2D eigenvalue weighted by Crippen LogP contribution is -2.33. The molecule has 1 heterocycles. The predicted molar refractivity (Wildman–Crippen MR) is 107 cm³/mol. The van der Waals surface area contributed by atoms with Gasteiger partial charge in [-0.2, -0.15) is 0 Å². The van der Waals surface area contributed by atoms with Gasteiger partial charge in [0.25, 0.3) is 5.91 Å². The summed E-state index contributed by atoms with van der Waals surface area (Å²) in [4.78, 5) is 29.3. The van der Waals surface area contributed by atoms with Crippen LogP contribution in [0, 0.1) is 6.92 Å². The van der Waals surface area contributed by atoms with Crippen molar-refractivity contribution in [2.24, 2.45) is 5.73 Å². The number of anilines is 1. The quantitative estimate of drug-likeness (QED) is 0.659. The number of benzene rings is 1. The molecule has 0 saturated heterocycles. The molecule has 0 unspecified atom stereocenters. The summed E-state index contributed by atoms with van der Waals surface area (Å²) in [5.41, 5.74) is 8.64. The minimum atomic E-state index is -0.550. The zero-order valence-electron chi connectivity index (χ0n) is 15.5. The fourth-order valence-electron chi connectivity index (χ4n) is 2.85. The van der Waals surface area contributed by atoms with E-state index >= 15 is 0 Å². The molecule has 2 aromatic rings. The molecule has 142 valence electrons. The number of hydrogen-bond donors (Lipinski definition) is 3. The molecule has 0 aliphatic rings. The Kier molecular flexibility index (Phi) is 8.35. The third-order valence-corrected chi connectivity index (χ3v) is 4.35. The number of rotatable bonds is 8. The second kappa shape index (κ2) is 9.99. The van der Waals surface area contributed by atoms with Crippen LogP contribution < -0.4 is 11.1 Å². The van der Waals surface area contributed by atoms with Crippen LogP contribution in [-0.4, -0.2) is 41.3 Å². The van der Waals surface area contributed by atoms with Gasteiger partial charge in [-0.1, -0.05) is 44.2 Å². The van der Waals surface area contributed by atoms with Crippen LogP contribution in [-0.2, 0) is 11.2 Å². The number of aromatic nitrogens is 1. The van der Waals surface area contributed by atoms with Crippen molar-refractivity contribution in [3.8, 4) is 0 Å². The molecule has 1 aromatic carbocycles. The van der Waals surface area contributed by atoms with Crippen molar-refractivity contribution in [1.29, 1.82) is 0 Å². The number of nitrogens with two attached hydrogens (primary N) is 1. The van der Waals surface area contributed by atoms with Gasteiger partial charge in [0.2, 0.25) is 5.91 Å². The van der Waals surface area contributed by atoms with Crippen LogP contribution in [0.3, 0.4) is 0 Å². The fraction of sp³-hybridized carbons (Fsp3) is 0.368. The lowest BCUT2D eigenvalue weighted by atomic mass is 10.1. The van der Waals surface area contributed by atoms with Crippen molar-refractivity contribution in [2.75, 3.05) is 25.0 Å². The third kappa shape index (κ3) is 5.34. The predicted octanol–water partition coefficient (Wildman–Crippen LogP) is 2.71. The molecule has 2 rings (SSSR count). The highest BCUT2D eigenvalue weighted by Gasteiger charge is 2.20. The van der Waals surface area contributed by atoms with Gasteiger partial charge in [-0.05, 0) is 31.1 Å². The molecule has 0 spiro atoms. The van der Waals surface area contributed by atoms with E-state index in [1.54, 1.807) is 0 Å². The van der Waals surface area contributed by atoms with E-state index in [0.29, 0.717) is 17.8 Å². The van der Waals surface area contributed by atoms with Crippen molar-refractivity contribution in [1.82, 2.24) is 9.88 Å². The monoisotopic (exact) mass is 378 g/mol. The molecular formula is C19H27ClN4O2. The second-order valence-corrected chi connectivity index (χ2v) is 6.01. The molecule has 26 heavy (non-hydrogen) atoms. The summed E-state index contributed by atoms with van der Waals surface area (Å²) in [6.07, 6.45) is 0.638. The molecule has 7 heteroatoms. The van der Waals surface area contributed by atoms with Crippen molar-refractivity contribution < 1.29 is 9.59 Å². The molecule has 0 saturated carbocycles. The molecule has 0 aliphatic heterocycles. The average Bonchev–Trinajstić information content (AvgIpc) is 2.88. The third-order valence-electron chi connectivity index (χ3n) is 4.35. The number of carbonyl (C=O) groups excluding carboxylic acids is 2. The number of likely N-dealkylation sites (N-methyl/N-ethyl adjacent to an activating group) is 1. The standard InChI is InChI=1S/C19H26N4O2.ClH/c1-4-23(5-2)12-16(24)22-19-17(18(20)25)13(3)15(21-19)11-14-9-7-6-8-10-14;/h6-10,21H,4-5,11-12H2,1-3H3,(H2,20,25)(H,22,24);1H. The Bertz CT molecular complexity index is 739. The maximum absolute atomic E-state index is 12.3. The van der Waals surface area contributed by atoms with E-state index in [1.165, 1.54) is 0 Å². The molecule has 0 bridgehead atoms. The molecule has 4 N–H and O–H groups in total. The van der Waals surface area contributed by atoms with Crippen LogP contribution in [0.1, 0.15) is 41.0 Å². The van der Waals surface area contributed by atoms with Gasteiger partial charge in [-0.15, -0.1) is 12.4 Å². The molecule has 0 aliphatic carbocycles. The molecule has 6 nitrogen and oxygen atoms in total. The van der Waals surface area contributed by atoms with Crippen molar-refractivity contribution in [3.05, 3.63) is 52.7 Å². The number of aromatic amines is 1. The minimum absolute atomic E-state index is 0. The first-order valence-electron chi connectivity index (χ1n) is 8.53. The summed E-state index contributed by atoms with van der Waals surface area (Å²) in [6, 6.07) is 9.93. The van der Waals surface area contributed by atoms with Gasteiger partial charge >= 0.3 is 0 Å². The van der Waals surface area contributed by atoms with Crippen LogP contribution in [0.25, 0.3) is 0 Å². The Morgan fingerprint density at radius 3 is 2.31 bits per heavy atom. The first-order chi connectivity index (χ1) is 12.0. The number of nitrogens with zero attached hydrogens (tertiary/aromatic N) is 1. The highest BCUT2D eigenvalue weighted by molar-refractivity contribution is 6.04. The van der Waals surface area contributed by atoms with E-state index in [9.17, 15) is 9.59 Å². The Morgan fingerprint density at radius 2 is 1.77 bits per heavy atom. The summed E-state index contributed by atoms with van der Waals surface area (Å²) in [6.45, 7) is 7.70. The fourth-order valence-corrected chi connectivity index (χ4v) is 2.85. The number of hydrogen-bond acceptors (Lipinski definition) is 3. The number of nitrogens with one attached hydrogen (secondary N) is 2. The maximum Gasteiger partial charge on any atom is 0.252 e. The van der Waals surface area contributed by atoms with Crippen molar-refractivity contribution in [3.63, 3.8) is 0 Å². The van der Waals surface area contributed by atoms with Crippen LogP contribution in [0.4, 0.5) is 5.82 Å². The summed E-state index contributed by atoms with van der Waals surface area (Å²) in [5.74, 6) is -0.335. The Labute approximate surface area is 160 Å². The van der Waals surface area contributed by atoms with Gasteiger partial charge in [0.1, 0.15) is 5.82 Å². The van der Waals surface area contributed by atoms with Crippen molar-refractivity contribution in [2.45, 2.75) is 27.2 Å². The first-order valence-corrected chi connectivity index (χ1v) is 8.53. The molecular weight excluding hydrogens is 352 g/mol. The molecule has 0 radical (unpaired) electrons. The van der Waals surface area contributed by atoms with Crippen molar-refractivity contribution >= 4 is 30.0 Å². The SMILES string of the molecule is CCN(CC)CC(=O)Nc1[nH]c(Cc2ccccc2)c(C)c1C(N)=O.Cl. The Morgan fingerprint density at radius 1 is 1.15 bits per heavy atom. The lowest BCUT2D eigenvalue weighted by Gasteiger charge is -2.17. The minimum Gasteiger partial charge on any atom is -0.365 e. The van der Waals surface area contributed by atoms with E-state index in [4.69, 9.17) is 5.73 Å². The van der Waals surface area contributed by atoms with Crippen LogP contribution in [0.15, 0.2) is 30.3 Å². The number of primary amides is 1. The number of carbonyl (C=O) groups is 2. The van der Waals surface area contributed by atoms with E-state index < -0.39 is 5.91 Å². The molecule has 0 atom stereocenters. The highest BCUT2D eigenvalue weighted by atomic mass is 35.5. The van der Waals surface area contributed by atoms with E-state index in [-0.39, 0.29) is 24.9 Å². The summed E-state index contributed by atoms with van der Waals surface area (Å²) in [7, 11) is 0. The number of H-pyrrole nitrogens is 1. The van der Waals surface area contributed by atoms with Gasteiger partial charge in [-0.3, -0.25) is 14.5 Å².